The van der Waals surface area contributed by atoms with E-state index in [-0.39, 0.29) is 5.78 Å². The monoisotopic (exact) mass is 269 g/mol. The molecular formula is C15H15N3O2. The number of carbonyl (C=O) groups is 1. The second-order valence-corrected chi connectivity index (χ2v) is 4.86. The van der Waals surface area contributed by atoms with Gasteiger partial charge < -0.3 is 14.2 Å². The number of oxazole rings is 1. The summed E-state index contributed by atoms with van der Waals surface area (Å²) in [6, 6.07) is 5.84. The van der Waals surface area contributed by atoms with Gasteiger partial charge in [0, 0.05) is 25.3 Å². The molecule has 5 nitrogen and oxygen atoms in total. The number of aromatic nitrogens is 3. The maximum Gasteiger partial charge on any atom is 0.192 e. The summed E-state index contributed by atoms with van der Waals surface area (Å²) < 4.78 is 5.45. The zero-order valence-corrected chi connectivity index (χ0v) is 11.4. The van der Waals surface area contributed by atoms with Crippen molar-refractivity contribution in [1.29, 1.82) is 0 Å². The number of nitrogens with one attached hydrogen (secondary N) is 1. The van der Waals surface area contributed by atoms with Gasteiger partial charge in [-0.05, 0) is 25.1 Å². The van der Waals surface area contributed by atoms with Crippen molar-refractivity contribution in [3.63, 3.8) is 0 Å². The van der Waals surface area contributed by atoms with Crippen LogP contribution in [0.3, 0.4) is 0 Å². The van der Waals surface area contributed by atoms with Gasteiger partial charge in [0.1, 0.15) is 17.1 Å². The number of rotatable bonds is 4. The number of ketones is 1. The topological polar surface area (TPSA) is 71.8 Å². The van der Waals surface area contributed by atoms with Crippen molar-refractivity contribution in [2.75, 3.05) is 0 Å². The van der Waals surface area contributed by atoms with Crippen molar-refractivity contribution in [3.05, 3.63) is 36.1 Å². The zero-order chi connectivity index (χ0) is 14.1. The van der Waals surface area contributed by atoms with Gasteiger partial charge in [-0.2, -0.15) is 0 Å². The predicted molar refractivity (Wildman–Crippen MR) is 75.3 cm³/mol. The van der Waals surface area contributed by atoms with E-state index in [0.717, 1.165) is 28.2 Å². The lowest BCUT2D eigenvalue weighted by Gasteiger charge is -1.97. The minimum Gasteiger partial charge on any atom is -0.441 e. The van der Waals surface area contributed by atoms with Crippen LogP contribution in [0.2, 0.25) is 0 Å². The second kappa shape index (κ2) is 4.92. The fourth-order valence-electron chi connectivity index (χ4n) is 2.14. The fraction of sp³-hybridized carbons (Fsp3) is 0.267. The molecule has 0 saturated heterocycles. The van der Waals surface area contributed by atoms with E-state index in [9.17, 15) is 4.79 Å². The molecule has 5 heteroatoms. The van der Waals surface area contributed by atoms with Crippen LogP contribution in [-0.4, -0.2) is 20.7 Å². The van der Waals surface area contributed by atoms with E-state index in [0.29, 0.717) is 18.7 Å². The highest BCUT2D eigenvalue weighted by molar-refractivity contribution is 5.79. The number of H-pyrrole nitrogens is 1. The van der Waals surface area contributed by atoms with Gasteiger partial charge in [-0.1, -0.05) is 0 Å². The number of aromatic amines is 1. The highest BCUT2D eigenvalue weighted by Crippen LogP contribution is 2.23. The molecule has 0 fully saturated rings. The van der Waals surface area contributed by atoms with Gasteiger partial charge in [0.05, 0.1) is 11.9 Å². The summed E-state index contributed by atoms with van der Waals surface area (Å²) in [6.45, 7) is 3.42. The lowest BCUT2D eigenvalue weighted by atomic mass is 10.1. The zero-order valence-electron chi connectivity index (χ0n) is 11.4. The molecule has 0 radical (unpaired) electrons. The van der Waals surface area contributed by atoms with Crippen LogP contribution in [0.5, 0.6) is 0 Å². The van der Waals surface area contributed by atoms with E-state index in [2.05, 4.69) is 15.0 Å². The molecule has 3 aromatic rings. The van der Waals surface area contributed by atoms with Crippen LogP contribution in [0, 0.1) is 6.92 Å². The standard InChI is InChI=1S/C15H15N3O2/c1-9(19)3-6-15-16-8-13(18-15)11-4-5-14-12(7-11)17-10(2)20-14/h4-5,7-8H,3,6H2,1-2H3,(H,16,18). The first-order valence-electron chi connectivity index (χ1n) is 6.53. The largest absolute Gasteiger partial charge is 0.441 e. The van der Waals surface area contributed by atoms with Crippen LogP contribution in [-0.2, 0) is 11.2 Å². The quantitative estimate of drug-likeness (QED) is 0.790. The Hall–Kier alpha value is -2.43. The summed E-state index contributed by atoms with van der Waals surface area (Å²) in [7, 11) is 0. The average Bonchev–Trinajstić information content (AvgIpc) is 3.00. The summed E-state index contributed by atoms with van der Waals surface area (Å²) in [5, 5.41) is 0. The molecule has 102 valence electrons. The Bertz CT molecular complexity index is 770. The molecule has 3 rings (SSSR count). The number of Topliss-reactive ketones (excluding diaryl/α,β-unsaturated/α-hetero) is 1. The molecule has 0 bridgehead atoms. The van der Waals surface area contributed by atoms with Gasteiger partial charge in [-0.3, -0.25) is 0 Å². The highest BCUT2D eigenvalue weighted by Gasteiger charge is 2.08. The molecule has 0 aliphatic rings. The third kappa shape index (κ3) is 2.47. The number of aryl methyl sites for hydroxylation is 2. The predicted octanol–water partition coefficient (Wildman–Crippen LogP) is 3.05. The SMILES string of the molecule is CC(=O)CCc1ncc(-c2ccc3oc(C)nc3c2)[nH]1. The third-order valence-electron chi connectivity index (χ3n) is 3.15. The maximum absolute atomic E-state index is 11.0. The Balaban J connectivity index is 1.88. The molecule has 0 saturated carbocycles. The Kier molecular flexibility index (Phi) is 3.10. The molecule has 0 aliphatic carbocycles. The Morgan fingerprint density at radius 3 is 3.05 bits per heavy atom. The van der Waals surface area contributed by atoms with Crippen molar-refractivity contribution in [2.45, 2.75) is 26.7 Å². The fourth-order valence-corrected chi connectivity index (χ4v) is 2.14. The molecule has 20 heavy (non-hydrogen) atoms. The van der Waals surface area contributed by atoms with Crippen LogP contribution in [0.4, 0.5) is 0 Å². The van der Waals surface area contributed by atoms with Gasteiger partial charge in [-0.25, -0.2) is 9.97 Å². The highest BCUT2D eigenvalue weighted by atomic mass is 16.3. The van der Waals surface area contributed by atoms with Crippen molar-refractivity contribution >= 4 is 16.9 Å². The minimum absolute atomic E-state index is 0.169. The molecule has 1 aromatic carbocycles. The summed E-state index contributed by atoms with van der Waals surface area (Å²) in [6.07, 6.45) is 2.93. The number of hydrogen-bond donors (Lipinski definition) is 1. The van der Waals surface area contributed by atoms with Crippen molar-refractivity contribution < 1.29 is 9.21 Å². The summed E-state index contributed by atoms with van der Waals surface area (Å²) in [5.74, 6) is 1.65. The Labute approximate surface area is 116 Å². The normalized spacial score (nSPS) is 11.1. The molecule has 0 spiro atoms. The van der Waals surface area contributed by atoms with Crippen LogP contribution >= 0.6 is 0 Å². The van der Waals surface area contributed by atoms with E-state index in [4.69, 9.17) is 4.42 Å². The van der Waals surface area contributed by atoms with E-state index >= 15 is 0 Å². The number of nitrogens with zero attached hydrogens (tertiary/aromatic N) is 2. The Morgan fingerprint density at radius 2 is 2.25 bits per heavy atom. The molecule has 1 N–H and O–H groups in total. The molecular weight excluding hydrogens is 254 g/mol. The van der Waals surface area contributed by atoms with Gasteiger partial charge in [0.15, 0.2) is 11.5 Å². The second-order valence-electron chi connectivity index (χ2n) is 4.86. The minimum atomic E-state index is 0.169. The number of fused-ring (bicyclic) bond motifs is 1. The summed E-state index contributed by atoms with van der Waals surface area (Å²) in [5.41, 5.74) is 3.54. The molecule has 2 heterocycles. The number of hydrogen-bond acceptors (Lipinski definition) is 4. The van der Waals surface area contributed by atoms with Gasteiger partial charge in [0.25, 0.3) is 0 Å². The molecule has 0 aliphatic heterocycles. The van der Waals surface area contributed by atoms with Crippen LogP contribution in [0.1, 0.15) is 25.1 Å². The lowest BCUT2D eigenvalue weighted by molar-refractivity contribution is -0.117. The van der Waals surface area contributed by atoms with E-state index < -0.39 is 0 Å². The van der Waals surface area contributed by atoms with Crippen molar-refractivity contribution in [1.82, 2.24) is 15.0 Å². The smallest absolute Gasteiger partial charge is 0.192 e. The first-order chi connectivity index (χ1) is 9.61. The van der Waals surface area contributed by atoms with Gasteiger partial charge in [0.2, 0.25) is 0 Å². The van der Waals surface area contributed by atoms with E-state index in [1.165, 1.54) is 0 Å². The van der Waals surface area contributed by atoms with Crippen LogP contribution in [0.15, 0.2) is 28.8 Å². The van der Waals surface area contributed by atoms with Crippen molar-refractivity contribution in [2.24, 2.45) is 0 Å². The molecule has 0 amide bonds. The first kappa shape index (κ1) is 12.6. The van der Waals surface area contributed by atoms with Crippen LogP contribution < -0.4 is 0 Å². The van der Waals surface area contributed by atoms with Crippen LogP contribution in [0.25, 0.3) is 22.4 Å². The van der Waals surface area contributed by atoms with Gasteiger partial charge in [-0.15, -0.1) is 0 Å². The lowest BCUT2D eigenvalue weighted by Crippen LogP contribution is -1.95. The average molecular weight is 269 g/mol. The number of carbonyl (C=O) groups excluding carboxylic acids is 1. The van der Waals surface area contributed by atoms with E-state index in [1.54, 1.807) is 13.1 Å². The Morgan fingerprint density at radius 1 is 1.40 bits per heavy atom. The van der Waals surface area contributed by atoms with Crippen molar-refractivity contribution in [3.8, 4) is 11.3 Å². The molecule has 0 atom stereocenters. The summed E-state index contributed by atoms with van der Waals surface area (Å²) in [4.78, 5) is 22.8. The maximum atomic E-state index is 11.0. The number of imidazole rings is 1. The number of benzene rings is 1. The van der Waals surface area contributed by atoms with E-state index in [1.807, 2.05) is 25.1 Å². The third-order valence-corrected chi connectivity index (χ3v) is 3.15. The summed E-state index contributed by atoms with van der Waals surface area (Å²) >= 11 is 0. The first-order valence-corrected chi connectivity index (χ1v) is 6.53. The molecule has 2 aromatic heterocycles. The molecule has 0 unspecified atom stereocenters. The van der Waals surface area contributed by atoms with Gasteiger partial charge >= 0.3 is 0 Å².